The maximum absolute atomic E-state index is 12.4. The first-order valence-corrected chi connectivity index (χ1v) is 11.8. The number of nitro groups is 1. The predicted octanol–water partition coefficient (Wildman–Crippen LogP) is 6.44. The van der Waals surface area contributed by atoms with Gasteiger partial charge in [-0.15, -0.1) is 0 Å². The summed E-state index contributed by atoms with van der Waals surface area (Å²) in [6.07, 6.45) is 1.47. The third kappa shape index (κ3) is 5.75. The third-order valence-corrected chi connectivity index (χ3v) is 6.11. The molecule has 3 aromatic rings. The largest absolute Gasteiger partial charge is 0.493 e. The van der Waals surface area contributed by atoms with E-state index in [0.717, 1.165) is 9.13 Å². The van der Waals surface area contributed by atoms with Gasteiger partial charge in [0.15, 0.2) is 17.2 Å². The maximum Gasteiger partial charge on any atom is 0.363 e. The third-order valence-electron chi connectivity index (χ3n) is 4.84. The molecule has 0 amide bonds. The van der Waals surface area contributed by atoms with Crippen LogP contribution in [0, 0.1) is 13.7 Å². The van der Waals surface area contributed by atoms with Crippen LogP contribution in [-0.2, 0) is 16.1 Å². The zero-order chi connectivity index (χ0) is 25.1. The molecule has 1 aliphatic rings. The van der Waals surface area contributed by atoms with Gasteiger partial charge in [0.2, 0.25) is 5.90 Å². The lowest BCUT2D eigenvalue weighted by atomic mass is 10.1. The van der Waals surface area contributed by atoms with Crippen LogP contribution in [-0.4, -0.2) is 23.9 Å². The van der Waals surface area contributed by atoms with Crippen LogP contribution in [0.3, 0.4) is 0 Å². The van der Waals surface area contributed by atoms with Crippen LogP contribution in [0.1, 0.15) is 16.7 Å². The maximum atomic E-state index is 12.4. The molecule has 0 aromatic heterocycles. The number of halogens is 3. The second-order valence-corrected chi connectivity index (χ2v) is 9.27. The van der Waals surface area contributed by atoms with E-state index in [4.69, 9.17) is 37.4 Å². The van der Waals surface area contributed by atoms with E-state index in [2.05, 4.69) is 27.6 Å². The van der Waals surface area contributed by atoms with Crippen molar-refractivity contribution in [3.63, 3.8) is 0 Å². The zero-order valence-electron chi connectivity index (χ0n) is 18.0. The smallest absolute Gasteiger partial charge is 0.363 e. The van der Waals surface area contributed by atoms with Crippen LogP contribution in [0.15, 0.2) is 65.3 Å². The van der Waals surface area contributed by atoms with E-state index in [0.29, 0.717) is 23.7 Å². The molecule has 0 unspecified atom stereocenters. The lowest BCUT2D eigenvalue weighted by Crippen LogP contribution is -2.06. The number of carbonyl (C=O) groups excluding carboxylic acids is 1. The number of hydrogen-bond donors (Lipinski definition) is 0. The van der Waals surface area contributed by atoms with Crippen molar-refractivity contribution in [1.82, 2.24) is 0 Å². The molecule has 0 saturated heterocycles. The lowest BCUT2D eigenvalue weighted by Gasteiger charge is -2.13. The van der Waals surface area contributed by atoms with Crippen molar-refractivity contribution in [2.75, 3.05) is 7.11 Å². The Balaban J connectivity index is 1.61. The molecular formula is C24H15Cl2IN2O6. The van der Waals surface area contributed by atoms with Gasteiger partial charge in [0.1, 0.15) is 11.6 Å². The van der Waals surface area contributed by atoms with Crippen molar-refractivity contribution in [1.29, 1.82) is 0 Å². The molecule has 0 atom stereocenters. The van der Waals surface area contributed by atoms with Crippen LogP contribution in [0.4, 0.5) is 5.69 Å². The van der Waals surface area contributed by atoms with Gasteiger partial charge in [-0.05, 0) is 76.2 Å². The molecule has 0 radical (unpaired) electrons. The van der Waals surface area contributed by atoms with Gasteiger partial charge < -0.3 is 14.2 Å². The number of benzene rings is 3. The Kier molecular flexibility index (Phi) is 7.58. The minimum absolute atomic E-state index is 0.0109. The van der Waals surface area contributed by atoms with Crippen molar-refractivity contribution in [2.45, 2.75) is 6.61 Å². The van der Waals surface area contributed by atoms with Gasteiger partial charge >= 0.3 is 5.97 Å². The first-order valence-electron chi connectivity index (χ1n) is 9.97. The number of nitro benzene ring substituents is 1. The number of esters is 1. The van der Waals surface area contributed by atoms with Crippen LogP contribution >= 0.6 is 45.8 Å². The highest BCUT2D eigenvalue weighted by Gasteiger charge is 2.26. The second kappa shape index (κ2) is 10.6. The number of nitrogens with zero attached hydrogens (tertiary/aromatic N) is 2. The summed E-state index contributed by atoms with van der Waals surface area (Å²) in [6, 6.07) is 15.1. The van der Waals surface area contributed by atoms with E-state index in [9.17, 15) is 14.9 Å². The topological polar surface area (TPSA) is 100 Å². The van der Waals surface area contributed by atoms with Crippen LogP contribution in [0.5, 0.6) is 11.5 Å². The fourth-order valence-electron chi connectivity index (χ4n) is 3.22. The molecule has 8 nitrogen and oxygen atoms in total. The monoisotopic (exact) mass is 624 g/mol. The highest BCUT2D eigenvalue weighted by Crippen LogP contribution is 2.38. The Morgan fingerprint density at radius 3 is 2.66 bits per heavy atom. The zero-order valence-corrected chi connectivity index (χ0v) is 21.6. The van der Waals surface area contributed by atoms with E-state index in [1.54, 1.807) is 12.1 Å². The Hall–Kier alpha value is -3.15. The van der Waals surface area contributed by atoms with Crippen LogP contribution in [0.2, 0.25) is 10.0 Å². The first-order chi connectivity index (χ1) is 16.7. The van der Waals surface area contributed by atoms with Gasteiger partial charge in [-0.25, -0.2) is 9.79 Å². The summed E-state index contributed by atoms with van der Waals surface area (Å²) in [5.74, 6) is -0.0519. The molecule has 1 heterocycles. The lowest BCUT2D eigenvalue weighted by molar-refractivity contribution is -0.384. The molecule has 0 N–H and O–H groups in total. The molecule has 1 aliphatic heterocycles. The summed E-state index contributed by atoms with van der Waals surface area (Å²) < 4.78 is 17.6. The van der Waals surface area contributed by atoms with Gasteiger partial charge in [0.05, 0.1) is 17.1 Å². The Bertz CT molecular complexity index is 1410. The van der Waals surface area contributed by atoms with Crippen molar-refractivity contribution >= 4 is 69.4 Å². The number of aliphatic imine (C=N–C) groups is 1. The van der Waals surface area contributed by atoms with E-state index in [-0.39, 0.29) is 32.9 Å². The molecule has 0 aliphatic carbocycles. The van der Waals surface area contributed by atoms with Crippen molar-refractivity contribution in [3.8, 4) is 11.5 Å². The summed E-state index contributed by atoms with van der Waals surface area (Å²) >= 11 is 14.5. The Morgan fingerprint density at radius 2 is 1.94 bits per heavy atom. The molecule has 0 saturated carbocycles. The highest BCUT2D eigenvalue weighted by atomic mass is 127. The van der Waals surface area contributed by atoms with E-state index in [1.807, 2.05) is 24.3 Å². The van der Waals surface area contributed by atoms with Gasteiger partial charge in [-0.3, -0.25) is 10.1 Å². The fourth-order valence-corrected chi connectivity index (χ4v) is 4.29. The molecule has 0 spiro atoms. The summed E-state index contributed by atoms with van der Waals surface area (Å²) in [7, 11) is 1.48. The van der Waals surface area contributed by atoms with Crippen molar-refractivity contribution in [2.24, 2.45) is 4.99 Å². The summed E-state index contributed by atoms with van der Waals surface area (Å²) in [5.41, 5.74) is 1.40. The summed E-state index contributed by atoms with van der Waals surface area (Å²) in [5, 5.41) is 11.4. The van der Waals surface area contributed by atoms with E-state index in [1.165, 1.54) is 31.4 Å². The van der Waals surface area contributed by atoms with Gasteiger partial charge in [0, 0.05) is 15.2 Å². The second-order valence-electron chi connectivity index (χ2n) is 7.21. The number of carbonyl (C=O) groups is 1. The van der Waals surface area contributed by atoms with Gasteiger partial charge in [-0.2, -0.15) is 0 Å². The molecule has 11 heteroatoms. The average molecular weight is 625 g/mol. The molecule has 178 valence electrons. The highest BCUT2D eigenvalue weighted by molar-refractivity contribution is 14.1. The number of methoxy groups -OCH3 is 1. The number of ether oxygens (including phenoxy) is 3. The normalized spacial score (nSPS) is 14.0. The Labute approximate surface area is 223 Å². The number of rotatable bonds is 7. The number of cyclic esters (lactones) is 1. The molecule has 0 bridgehead atoms. The average Bonchev–Trinajstić information content (AvgIpc) is 3.18. The Morgan fingerprint density at radius 1 is 1.14 bits per heavy atom. The molecule has 0 fully saturated rings. The van der Waals surface area contributed by atoms with Crippen molar-refractivity contribution in [3.05, 3.63) is 101 Å². The fraction of sp³-hybridized carbons (Fsp3) is 0.0833. The molecule has 4 rings (SSSR count). The predicted molar refractivity (Wildman–Crippen MR) is 140 cm³/mol. The quantitative estimate of drug-likeness (QED) is 0.0986. The van der Waals surface area contributed by atoms with Gasteiger partial charge in [-0.1, -0.05) is 35.3 Å². The number of hydrogen-bond acceptors (Lipinski definition) is 7. The SMILES string of the molecule is COc1cc(/C=C2\N=C(c3ccc(Cl)c([N+](=O)[O-])c3)OC2=O)cc(Cl)c1OCc1cccc(I)c1. The standard InChI is InChI=1S/C24H15Cl2IN2O6/c1-33-21-10-14(8-18(26)22(21)34-12-13-3-2-4-16(27)7-13)9-19-24(30)35-23(28-19)15-5-6-17(25)20(11-15)29(31)32/h2-11H,12H2,1H3/b19-9-. The minimum Gasteiger partial charge on any atom is -0.493 e. The summed E-state index contributed by atoms with van der Waals surface area (Å²) in [6.45, 7) is 0.292. The molecule has 3 aromatic carbocycles. The van der Waals surface area contributed by atoms with E-state index < -0.39 is 10.9 Å². The van der Waals surface area contributed by atoms with Crippen LogP contribution in [0.25, 0.3) is 6.08 Å². The summed E-state index contributed by atoms with van der Waals surface area (Å²) in [4.78, 5) is 27.1. The minimum atomic E-state index is -0.716. The molecule has 35 heavy (non-hydrogen) atoms. The van der Waals surface area contributed by atoms with E-state index >= 15 is 0 Å². The van der Waals surface area contributed by atoms with Crippen molar-refractivity contribution < 1.29 is 23.9 Å². The van der Waals surface area contributed by atoms with Crippen LogP contribution < -0.4 is 9.47 Å². The van der Waals surface area contributed by atoms with Gasteiger partial charge in [0.25, 0.3) is 5.69 Å². The first kappa shape index (κ1) is 25.0. The molecular weight excluding hydrogens is 610 g/mol.